The topological polar surface area (TPSA) is 113 Å². The highest BCUT2D eigenvalue weighted by Crippen LogP contribution is 2.32. The van der Waals surface area contributed by atoms with Gasteiger partial charge in [0.25, 0.3) is 17.5 Å². The number of aromatic hydroxyl groups is 1. The average Bonchev–Trinajstić information content (AvgIpc) is 2.89. The number of nitro groups is 1. The molecule has 136 valence electrons. The van der Waals surface area contributed by atoms with Gasteiger partial charge in [-0.1, -0.05) is 30.0 Å². The maximum Gasteiger partial charge on any atom is 0.285 e. The summed E-state index contributed by atoms with van der Waals surface area (Å²) in [6, 6.07) is 11.4. The molecule has 0 aliphatic carbocycles. The first-order valence-corrected chi connectivity index (χ1v) is 8.70. The summed E-state index contributed by atoms with van der Waals surface area (Å²) in [4.78, 5) is 35.3. The van der Waals surface area contributed by atoms with Gasteiger partial charge in [-0.3, -0.25) is 25.1 Å². The smallest absolute Gasteiger partial charge is 0.285 e. The van der Waals surface area contributed by atoms with Crippen molar-refractivity contribution >= 4 is 51.9 Å². The van der Waals surface area contributed by atoms with Gasteiger partial charge in [-0.2, -0.15) is 5.01 Å². The monoisotopic (exact) mass is 401 g/mol. The Hall–Kier alpha value is -3.24. The number of benzene rings is 2. The molecule has 3 rings (SSSR count). The Morgan fingerprint density at radius 1 is 1.26 bits per heavy atom. The molecular formula is C17H11N3O5S2. The number of amides is 2. The van der Waals surface area contributed by atoms with Gasteiger partial charge in [-0.15, -0.1) is 0 Å². The maximum atomic E-state index is 12.5. The van der Waals surface area contributed by atoms with Crippen LogP contribution in [-0.2, 0) is 4.79 Å². The SMILES string of the molecule is O=C(NN1C(=O)C(=Cc2cccc(O)c2)SC1=S)c1cccc([N+](=O)[O-])c1. The van der Waals surface area contributed by atoms with Crippen LogP contribution < -0.4 is 5.43 Å². The van der Waals surface area contributed by atoms with E-state index < -0.39 is 16.7 Å². The van der Waals surface area contributed by atoms with Gasteiger partial charge in [-0.05, 0) is 42.1 Å². The molecule has 1 aliphatic heterocycles. The summed E-state index contributed by atoms with van der Waals surface area (Å²) in [6.07, 6.45) is 1.54. The van der Waals surface area contributed by atoms with E-state index in [1.165, 1.54) is 30.3 Å². The molecule has 2 N–H and O–H groups in total. The van der Waals surface area contributed by atoms with Gasteiger partial charge in [0.1, 0.15) is 5.75 Å². The van der Waals surface area contributed by atoms with E-state index in [0.717, 1.165) is 22.8 Å². The van der Waals surface area contributed by atoms with Crippen molar-refractivity contribution in [3.63, 3.8) is 0 Å². The highest BCUT2D eigenvalue weighted by Gasteiger charge is 2.34. The second-order valence-corrected chi connectivity index (χ2v) is 7.04. The van der Waals surface area contributed by atoms with Gasteiger partial charge in [0.15, 0.2) is 4.32 Å². The minimum absolute atomic E-state index is 0.0233. The first-order valence-electron chi connectivity index (χ1n) is 7.47. The normalized spacial score (nSPS) is 15.3. The number of phenolic OH excluding ortho intramolecular Hbond substituents is 1. The first-order chi connectivity index (χ1) is 12.8. The van der Waals surface area contributed by atoms with Crippen molar-refractivity contribution in [1.82, 2.24) is 10.4 Å². The molecule has 2 amide bonds. The minimum atomic E-state index is -0.700. The number of carbonyl (C=O) groups excluding carboxylic acids is 2. The van der Waals surface area contributed by atoms with Gasteiger partial charge in [0.05, 0.1) is 9.83 Å². The highest BCUT2D eigenvalue weighted by atomic mass is 32.2. The van der Waals surface area contributed by atoms with Crippen molar-refractivity contribution in [3.05, 3.63) is 74.7 Å². The quantitative estimate of drug-likeness (QED) is 0.350. The number of thioether (sulfide) groups is 1. The molecule has 0 bridgehead atoms. The molecule has 0 atom stereocenters. The van der Waals surface area contributed by atoms with Gasteiger partial charge in [0.2, 0.25) is 0 Å². The number of non-ortho nitro benzene ring substituents is 1. The molecule has 1 aliphatic rings. The Labute approximate surface area is 162 Å². The number of hydrogen-bond acceptors (Lipinski definition) is 7. The van der Waals surface area contributed by atoms with E-state index in [9.17, 15) is 24.8 Å². The lowest BCUT2D eigenvalue weighted by molar-refractivity contribution is -0.384. The second-order valence-electron chi connectivity index (χ2n) is 5.36. The van der Waals surface area contributed by atoms with Crippen LogP contribution in [-0.4, -0.2) is 31.2 Å². The molecule has 2 aromatic carbocycles. The second kappa shape index (κ2) is 7.56. The van der Waals surface area contributed by atoms with E-state index >= 15 is 0 Å². The number of nitrogens with one attached hydrogen (secondary N) is 1. The molecule has 1 saturated heterocycles. The molecule has 2 aromatic rings. The third-order valence-electron chi connectivity index (χ3n) is 3.49. The van der Waals surface area contributed by atoms with Gasteiger partial charge in [-0.25, -0.2) is 0 Å². The molecule has 8 nitrogen and oxygen atoms in total. The summed E-state index contributed by atoms with van der Waals surface area (Å²) >= 11 is 6.12. The van der Waals surface area contributed by atoms with E-state index in [2.05, 4.69) is 5.43 Å². The molecule has 10 heteroatoms. The number of nitro benzene ring substituents is 1. The van der Waals surface area contributed by atoms with Crippen LogP contribution in [0.15, 0.2) is 53.4 Å². The predicted octanol–water partition coefficient (Wildman–Crippen LogP) is 2.85. The van der Waals surface area contributed by atoms with Crippen LogP contribution in [0.25, 0.3) is 6.08 Å². The van der Waals surface area contributed by atoms with Crippen LogP contribution in [0.5, 0.6) is 5.75 Å². The van der Waals surface area contributed by atoms with Gasteiger partial charge in [0, 0.05) is 17.7 Å². The first kappa shape index (κ1) is 18.5. The zero-order valence-corrected chi connectivity index (χ0v) is 15.1. The third-order valence-corrected chi connectivity index (χ3v) is 4.80. The number of carbonyl (C=O) groups is 2. The van der Waals surface area contributed by atoms with Crippen LogP contribution in [0, 0.1) is 10.1 Å². The van der Waals surface area contributed by atoms with Crippen molar-refractivity contribution in [2.75, 3.05) is 0 Å². The third kappa shape index (κ3) is 4.13. The van der Waals surface area contributed by atoms with Crippen molar-refractivity contribution in [1.29, 1.82) is 0 Å². The van der Waals surface area contributed by atoms with Crippen LogP contribution in [0.1, 0.15) is 15.9 Å². The number of thiocarbonyl (C=S) groups is 1. The molecule has 0 spiro atoms. The lowest BCUT2D eigenvalue weighted by Gasteiger charge is -2.15. The molecule has 0 saturated carbocycles. The fourth-order valence-corrected chi connectivity index (χ4v) is 3.44. The number of rotatable bonds is 4. The average molecular weight is 401 g/mol. The Morgan fingerprint density at radius 3 is 2.70 bits per heavy atom. The summed E-state index contributed by atoms with van der Waals surface area (Å²) in [7, 11) is 0. The van der Waals surface area contributed by atoms with Crippen LogP contribution in [0.3, 0.4) is 0 Å². The predicted molar refractivity (Wildman–Crippen MR) is 104 cm³/mol. The van der Waals surface area contributed by atoms with E-state index in [4.69, 9.17) is 12.2 Å². The Balaban J connectivity index is 1.78. The zero-order chi connectivity index (χ0) is 19.6. The molecule has 0 radical (unpaired) electrons. The van der Waals surface area contributed by atoms with E-state index in [0.29, 0.717) is 5.56 Å². The van der Waals surface area contributed by atoms with Crippen molar-refractivity contribution in [2.45, 2.75) is 0 Å². The fraction of sp³-hybridized carbons (Fsp3) is 0. The molecule has 1 fully saturated rings. The van der Waals surface area contributed by atoms with E-state index in [-0.39, 0.29) is 26.2 Å². The van der Waals surface area contributed by atoms with Crippen molar-refractivity contribution < 1.29 is 19.6 Å². The van der Waals surface area contributed by atoms with Crippen LogP contribution in [0.4, 0.5) is 5.69 Å². The number of hydrogen-bond donors (Lipinski definition) is 2. The molecule has 27 heavy (non-hydrogen) atoms. The summed E-state index contributed by atoms with van der Waals surface area (Å²) in [6.45, 7) is 0. The Morgan fingerprint density at radius 2 is 2.00 bits per heavy atom. The summed E-state index contributed by atoms with van der Waals surface area (Å²) in [5.41, 5.74) is 2.74. The Bertz CT molecular complexity index is 1010. The van der Waals surface area contributed by atoms with Gasteiger partial charge < -0.3 is 5.11 Å². The lowest BCUT2D eigenvalue weighted by atomic mass is 10.2. The Kier molecular flexibility index (Phi) is 5.19. The largest absolute Gasteiger partial charge is 0.508 e. The van der Waals surface area contributed by atoms with Crippen LogP contribution in [0.2, 0.25) is 0 Å². The molecular weight excluding hydrogens is 390 g/mol. The molecule has 0 aromatic heterocycles. The van der Waals surface area contributed by atoms with Gasteiger partial charge >= 0.3 is 0 Å². The summed E-state index contributed by atoms with van der Waals surface area (Å²) in [5, 5.41) is 21.2. The molecule has 0 unspecified atom stereocenters. The van der Waals surface area contributed by atoms with E-state index in [1.54, 1.807) is 18.2 Å². The van der Waals surface area contributed by atoms with Crippen LogP contribution >= 0.6 is 24.0 Å². The highest BCUT2D eigenvalue weighted by molar-refractivity contribution is 8.26. The van der Waals surface area contributed by atoms with Crippen molar-refractivity contribution in [2.24, 2.45) is 0 Å². The lowest BCUT2D eigenvalue weighted by Crippen LogP contribution is -2.44. The van der Waals surface area contributed by atoms with E-state index in [1.807, 2.05) is 0 Å². The fourth-order valence-electron chi connectivity index (χ4n) is 2.26. The summed E-state index contributed by atoms with van der Waals surface area (Å²) < 4.78 is 0.116. The number of nitrogens with zero attached hydrogens (tertiary/aromatic N) is 2. The standard InChI is InChI=1S/C17H11N3O5S2/c21-13-6-1-3-10(7-13)8-14-16(23)19(17(26)27-14)18-15(22)11-4-2-5-12(9-11)20(24)25/h1-9,21H,(H,18,22). The zero-order valence-electron chi connectivity index (χ0n) is 13.5. The summed E-state index contributed by atoms with van der Waals surface area (Å²) in [5.74, 6) is -1.18. The maximum absolute atomic E-state index is 12.5. The minimum Gasteiger partial charge on any atom is -0.508 e. The van der Waals surface area contributed by atoms with Crippen molar-refractivity contribution in [3.8, 4) is 5.75 Å². The molecule has 1 heterocycles. The number of phenols is 1. The number of hydrazine groups is 1.